The Morgan fingerprint density at radius 1 is 0.970 bits per heavy atom. The van der Waals surface area contributed by atoms with Crippen molar-refractivity contribution in [1.82, 2.24) is 20.3 Å². The SMILES string of the molecule is N#Cc1cnc(Nc2cc(NCC3CCNCC3)c(-c3ccc4c(c3)OCCO4)cn2)cn1. The highest BCUT2D eigenvalue weighted by atomic mass is 16.6. The first-order valence-electron chi connectivity index (χ1n) is 11.1. The Kier molecular flexibility index (Phi) is 6.17. The minimum atomic E-state index is 0.270. The van der Waals surface area contributed by atoms with Crippen LogP contribution < -0.4 is 25.4 Å². The number of nitriles is 1. The molecule has 0 amide bonds. The Hall–Kier alpha value is -3.90. The summed E-state index contributed by atoms with van der Waals surface area (Å²) < 4.78 is 11.4. The first-order valence-corrected chi connectivity index (χ1v) is 11.1. The van der Waals surface area contributed by atoms with E-state index in [-0.39, 0.29) is 5.69 Å². The molecule has 4 heterocycles. The van der Waals surface area contributed by atoms with Gasteiger partial charge in [0.15, 0.2) is 17.2 Å². The van der Waals surface area contributed by atoms with Crippen molar-refractivity contribution in [3.8, 4) is 28.7 Å². The molecule has 0 spiro atoms. The molecular formula is C24H25N7O2. The monoisotopic (exact) mass is 443 g/mol. The first-order chi connectivity index (χ1) is 16.3. The van der Waals surface area contributed by atoms with Gasteiger partial charge in [-0.25, -0.2) is 15.0 Å². The number of ether oxygens (including phenoxy) is 2. The number of nitrogens with one attached hydrogen (secondary N) is 3. The van der Waals surface area contributed by atoms with Crippen LogP contribution in [0.1, 0.15) is 18.5 Å². The maximum Gasteiger partial charge on any atom is 0.161 e. The number of pyridine rings is 1. The zero-order chi connectivity index (χ0) is 22.5. The molecule has 0 aliphatic carbocycles. The number of fused-ring (bicyclic) bond motifs is 1. The van der Waals surface area contributed by atoms with Crippen LogP contribution in [0, 0.1) is 17.2 Å². The number of nitrogens with zero attached hydrogens (tertiary/aromatic N) is 4. The van der Waals surface area contributed by atoms with Crippen molar-refractivity contribution in [2.75, 3.05) is 43.5 Å². The lowest BCUT2D eigenvalue weighted by atomic mass is 9.97. The number of aromatic nitrogens is 3. The van der Waals surface area contributed by atoms with E-state index >= 15 is 0 Å². The van der Waals surface area contributed by atoms with Gasteiger partial charge in [0.1, 0.15) is 30.9 Å². The molecule has 2 aliphatic heterocycles. The van der Waals surface area contributed by atoms with Crippen molar-refractivity contribution in [2.24, 2.45) is 5.92 Å². The topological polar surface area (TPSA) is 117 Å². The van der Waals surface area contributed by atoms with Crippen LogP contribution in [0.25, 0.3) is 11.1 Å². The fraction of sp³-hybridized carbons (Fsp3) is 0.333. The second kappa shape index (κ2) is 9.71. The van der Waals surface area contributed by atoms with Crippen LogP contribution in [0.15, 0.2) is 42.9 Å². The largest absolute Gasteiger partial charge is 0.486 e. The zero-order valence-electron chi connectivity index (χ0n) is 18.2. The number of rotatable bonds is 6. The van der Waals surface area contributed by atoms with Gasteiger partial charge in [0.05, 0.1) is 12.4 Å². The van der Waals surface area contributed by atoms with Crippen molar-refractivity contribution in [3.05, 3.63) is 48.5 Å². The van der Waals surface area contributed by atoms with Crippen LogP contribution in [-0.4, -0.2) is 47.8 Å². The summed E-state index contributed by atoms with van der Waals surface area (Å²) in [5, 5.41) is 19.2. The molecule has 0 radical (unpaired) electrons. The van der Waals surface area contributed by atoms with Gasteiger partial charge in [-0.15, -0.1) is 0 Å². The molecule has 3 aromatic rings. The molecule has 5 rings (SSSR count). The van der Waals surface area contributed by atoms with Crippen molar-refractivity contribution < 1.29 is 9.47 Å². The maximum absolute atomic E-state index is 8.92. The average molecular weight is 444 g/mol. The molecule has 33 heavy (non-hydrogen) atoms. The van der Waals surface area contributed by atoms with Crippen molar-refractivity contribution in [1.29, 1.82) is 5.26 Å². The molecule has 0 unspecified atom stereocenters. The summed E-state index contributed by atoms with van der Waals surface area (Å²) in [7, 11) is 0. The van der Waals surface area contributed by atoms with Crippen molar-refractivity contribution in [2.45, 2.75) is 12.8 Å². The molecule has 2 aromatic heterocycles. The Balaban J connectivity index is 1.42. The Morgan fingerprint density at radius 2 is 1.79 bits per heavy atom. The summed E-state index contributed by atoms with van der Waals surface area (Å²) in [6, 6.07) is 9.92. The van der Waals surface area contributed by atoms with Gasteiger partial charge in [0.25, 0.3) is 0 Å². The standard InChI is InChI=1S/C24H25N7O2/c25-11-18-13-29-24(15-27-18)31-23-10-20(28-12-16-3-5-26-6-4-16)19(14-30-23)17-1-2-21-22(9-17)33-8-7-32-21/h1-2,9-10,13-16,26H,3-8,12H2,(H2,28,29,30,31). The number of piperidine rings is 1. The van der Waals surface area contributed by atoms with E-state index in [1.54, 1.807) is 0 Å². The Bertz CT molecular complexity index is 1150. The summed E-state index contributed by atoms with van der Waals surface area (Å²) in [6.45, 7) is 4.11. The highest BCUT2D eigenvalue weighted by Crippen LogP contribution is 2.37. The second-order valence-corrected chi connectivity index (χ2v) is 8.07. The van der Waals surface area contributed by atoms with Crippen LogP contribution in [0.4, 0.5) is 17.3 Å². The highest BCUT2D eigenvalue weighted by molar-refractivity contribution is 5.81. The Morgan fingerprint density at radius 3 is 2.58 bits per heavy atom. The molecule has 1 saturated heterocycles. The molecule has 9 heteroatoms. The number of hydrogen-bond acceptors (Lipinski definition) is 9. The van der Waals surface area contributed by atoms with E-state index in [9.17, 15) is 0 Å². The van der Waals surface area contributed by atoms with Gasteiger partial charge in [-0.05, 0) is 49.5 Å². The molecule has 2 aliphatic rings. The summed E-state index contributed by atoms with van der Waals surface area (Å²) in [4.78, 5) is 12.9. The number of hydrogen-bond donors (Lipinski definition) is 3. The molecule has 0 atom stereocenters. The van der Waals surface area contributed by atoms with Gasteiger partial charge in [-0.3, -0.25) is 0 Å². The lowest BCUT2D eigenvalue weighted by molar-refractivity contribution is 0.171. The summed E-state index contributed by atoms with van der Waals surface area (Å²) in [5.41, 5.74) is 3.23. The van der Waals surface area contributed by atoms with Gasteiger partial charge in [0.2, 0.25) is 0 Å². The predicted molar refractivity (Wildman–Crippen MR) is 125 cm³/mol. The molecule has 168 valence electrons. The zero-order valence-corrected chi connectivity index (χ0v) is 18.2. The van der Waals surface area contributed by atoms with E-state index in [0.29, 0.717) is 30.8 Å². The highest BCUT2D eigenvalue weighted by Gasteiger charge is 2.17. The van der Waals surface area contributed by atoms with E-state index in [2.05, 4.69) is 30.9 Å². The quantitative estimate of drug-likeness (QED) is 0.527. The third-order valence-electron chi connectivity index (χ3n) is 5.82. The average Bonchev–Trinajstić information content (AvgIpc) is 2.88. The van der Waals surface area contributed by atoms with Gasteiger partial charge in [-0.1, -0.05) is 6.07 Å². The van der Waals surface area contributed by atoms with Crippen molar-refractivity contribution in [3.63, 3.8) is 0 Å². The lowest BCUT2D eigenvalue weighted by Gasteiger charge is -2.24. The molecule has 9 nitrogen and oxygen atoms in total. The van der Waals surface area contributed by atoms with Gasteiger partial charge in [0, 0.05) is 30.1 Å². The normalized spacial score (nSPS) is 15.5. The molecule has 3 N–H and O–H groups in total. The minimum absolute atomic E-state index is 0.270. The second-order valence-electron chi connectivity index (χ2n) is 8.07. The summed E-state index contributed by atoms with van der Waals surface area (Å²) >= 11 is 0. The van der Waals surface area contributed by atoms with Gasteiger partial charge in [-0.2, -0.15) is 5.26 Å². The van der Waals surface area contributed by atoms with Crippen LogP contribution in [-0.2, 0) is 0 Å². The van der Waals surface area contributed by atoms with E-state index in [1.807, 2.05) is 36.5 Å². The molecule has 1 fully saturated rings. The summed E-state index contributed by atoms with van der Waals surface area (Å²) in [5.74, 6) is 3.30. The van der Waals surface area contributed by atoms with E-state index in [4.69, 9.17) is 14.7 Å². The third kappa shape index (κ3) is 4.96. The molecule has 1 aromatic carbocycles. The number of anilines is 3. The Labute approximate surface area is 192 Å². The van der Waals surface area contributed by atoms with Crippen LogP contribution in [0.5, 0.6) is 11.5 Å². The predicted octanol–water partition coefficient (Wildman–Crippen LogP) is 3.34. The fourth-order valence-electron chi connectivity index (χ4n) is 4.03. The van der Waals surface area contributed by atoms with E-state index in [1.165, 1.54) is 12.4 Å². The molecular weight excluding hydrogens is 418 g/mol. The minimum Gasteiger partial charge on any atom is -0.486 e. The lowest BCUT2D eigenvalue weighted by Crippen LogP contribution is -2.31. The van der Waals surface area contributed by atoms with E-state index in [0.717, 1.165) is 60.8 Å². The first kappa shape index (κ1) is 21.0. The van der Waals surface area contributed by atoms with Crippen LogP contribution in [0.3, 0.4) is 0 Å². The van der Waals surface area contributed by atoms with Gasteiger partial charge < -0.3 is 25.4 Å². The van der Waals surface area contributed by atoms with Crippen LogP contribution in [0.2, 0.25) is 0 Å². The van der Waals surface area contributed by atoms with Crippen molar-refractivity contribution >= 4 is 17.3 Å². The maximum atomic E-state index is 8.92. The number of benzene rings is 1. The van der Waals surface area contributed by atoms with Crippen LogP contribution >= 0.6 is 0 Å². The van der Waals surface area contributed by atoms with Gasteiger partial charge >= 0.3 is 0 Å². The fourth-order valence-corrected chi connectivity index (χ4v) is 4.03. The summed E-state index contributed by atoms with van der Waals surface area (Å²) in [6.07, 6.45) is 7.11. The molecule has 0 bridgehead atoms. The van der Waals surface area contributed by atoms with E-state index < -0.39 is 0 Å². The third-order valence-corrected chi connectivity index (χ3v) is 5.82. The molecule has 0 saturated carbocycles. The smallest absolute Gasteiger partial charge is 0.161 e.